The first-order valence-electron chi connectivity index (χ1n) is 10.6. The maximum Gasteiger partial charge on any atom is 0.459 e. The second kappa shape index (κ2) is 9.82. The van der Waals surface area contributed by atoms with E-state index in [0.717, 1.165) is 0 Å². The van der Waals surface area contributed by atoms with Crippen LogP contribution in [-0.4, -0.2) is 66.6 Å². The molecule has 6 atom stereocenters. The molecule has 1 aliphatic rings. The van der Waals surface area contributed by atoms with E-state index in [1.165, 1.54) is 42.0 Å². The van der Waals surface area contributed by atoms with Gasteiger partial charge in [0.15, 0.2) is 0 Å². The number of para-hydroxylation sites is 1. The van der Waals surface area contributed by atoms with Gasteiger partial charge >= 0.3 is 13.7 Å². The molecule has 1 fully saturated rings. The average molecular weight is 518 g/mol. The van der Waals surface area contributed by atoms with E-state index in [2.05, 4.69) is 15.1 Å². The lowest BCUT2D eigenvalue weighted by Gasteiger charge is -2.24. The number of nitriles is 1. The number of nitrogens with two attached hydrogens (primary N) is 1. The van der Waals surface area contributed by atoms with E-state index in [-0.39, 0.29) is 17.3 Å². The highest BCUT2D eigenvalue weighted by molar-refractivity contribution is 7.52. The summed E-state index contributed by atoms with van der Waals surface area (Å²) >= 11 is 0. The highest BCUT2D eigenvalue weighted by Gasteiger charge is 2.57. The van der Waals surface area contributed by atoms with Crippen LogP contribution in [-0.2, 0) is 24.2 Å². The predicted octanol–water partition coefficient (Wildman–Crippen LogP) is 0.417. The van der Waals surface area contributed by atoms with Crippen molar-refractivity contribution in [2.24, 2.45) is 0 Å². The van der Waals surface area contributed by atoms with Gasteiger partial charge in [0, 0.05) is 11.8 Å². The van der Waals surface area contributed by atoms with Crippen molar-refractivity contribution in [2.75, 3.05) is 12.3 Å². The number of nitrogens with zero attached hydrogens (tertiary/aromatic N) is 4. The van der Waals surface area contributed by atoms with Crippen LogP contribution in [0.1, 0.15) is 12.5 Å². The molecule has 15 heteroatoms. The molecule has 14 nitrogen and oxygen atoms in total. The number of hydrogen-bond donors (Lipinski definition) is 5. The number of carbonyl (C=O) groups is 1. The minimum Gasteiger partial charge on any atom is -0.480 e. The van der Waals surface area contributed by atoms with Crippen molar-refractivity contribution < 1.29 is 38.5 Å². The summed E-state index contributed by atoms with van der Waals surface area (Å²) in [5.74, 6) is -1.11. The van der Waals surface area contributed by atoms with Gasteiger partial charge in [-0.25, -0.2) is 14.5 Å². The third-order valence-corrected chi connectivity index (χ3v) is 7.22. The number of hydrogen-bond acceptors (Lipinski definition) is 11. The molecular formula is C21H23N6O8P. The molecule has 190 valence electrons. The van der Waals surface area contributed by atoms with Gasteiger partial charge in [-0.1, -0.05) is 18.2 Å². The molecule has 1 aliphatic heterocycles. The van der Waals surface area contributed by atoms with E-state index in [1.807, 2.05) is 6.07 Å². The summed E-state index contributed by atoms with van der Waals surface area (Å²) < 4.78 is 31.4. The van der Waals surface area contributed by atoms with E-state index in [9.17, 15) is 29.9 Å². The van der Waals surface area contributed by atoms with Crippen molar-refractivity contribution >= 4 is 25.3 Å². The van der Waals surface area contributed by atoms with Crippen molar-refractivity contribution in [1.82, 2.24) is 19.5 Å². The maximum absolute atomic E-state index is 13.4. The summed E-state index contributed by atoms with van der Waals surface area (Å²) in [4.78, 5) is 19.2. The number of benzene rings is 1. The van der Waals surface area contributed by atoms with Crippen molar-refractivity contribution in [3.05, 3.63) is 54.5 Å². The summed E-state index contributed by atoms with van der Waals surface area (Å²) in [7, 11) is -4.33. The van der Waals surface area contributed by atoms with Gasteiger partial charge in [-0.2, -0.15) is 10.3 Å². The summed E-state index contributed by atoms with van der Waals surface area (Å²) in [6.07, 6.45) is -2.10. The van der Waals surface area contributed by atoms with Crippen LogP contribution >= 0.6 is 7.75 Å². The number of aromatic nitrogens is 3. The van der Waals surface area contributed by atoms with Crippen LogP contribution in [0, 0.1) is 11.3 Å². The van der Waals surface area contributed by atoms with Crippen LogP contribution in [0.25, 0.3) is 5.65 Å². The molecule has 0 saturated carbocycles. The maximum atomic E-state index is 13.4. The standard InChI is InChI=1S/C21H23N6O8P/c1-12(19(30)31)26-36(32,35-14-5-3-2-4-6-14)33-9-15-17(28)18(29)21(10-22,34-15)13-7-16-24-11-25-20(23)27(16)8-13/h2-8,11-12,15,17-18,28-29H,9H2,1H3,(H,26,32)(H,30,31)(H2,23,24,25)/t12?,15-,17+,18-,21+,36?/m1/s1. The SMILES string of the molecule is CC(NP(=O)(OC[C@H]1O[C@@](C#N)(c2cc3ncnc(N)n3c2)[C@H](O)[C@H]1O)Oc1ccccc1)C(=O)O. The average Bonchev–Trinajstić information content (AvgIpc) is 3.40. The number of nitrogens with one attached hydrogen (secondary N) is 1. The third kappa shape index (κ3) is 4.76. The van der Waals surface area contributed by atoms with E-state index in [4.69, 9.17) is 19.5 Å². The largest absolute Gasteiger partial charge is 0.480 e. The Labute approximate surface area is 204 Å². The third-order valence-electron chi connectivity index (χ3n) is 5.58. The molecule has 6 N–H and O–H groups in total. The molecule has 0 amide bonds. The number of aliphatic carboxylic acids is 1. The first kappa shape index (κ1) is 25.5. The summed E-state index contributed by atoms with van der Waals surface area (Å²) in [6, 6.07) is 9.90. The number of anilines is 1. The van der Waals surface area contributed by atoms with Gasteiger partial charge in [-0.15, -0.1) is 0 Å². The molecule has 4 rings (SSSR count). The molecule has 36 heavy (non-hydrogen) atoms. The summed E-state index contributed by atoms with van der Waals surface area (Å²) in [5.41, 5.74) is 4.25. The second-order valence-corrected chi connectivity index (χ2v) is 9.71. The first-order chi connectivity index (χ1) is 17.1. The minimum absolute atomic E-state index is 0.0740. The van der Waals surface area contributed by atoms with E-state index >= 15 is 0 Å². The fourth-order valence-electron chi connectivity index (χ4n) is 3.67. The quantitative estimate of drug-likeness (QED) is 0.243. The normalized spacial score (nSPS) is 26.2. The molecular weight excluding hydrogens is 495 g/mol. The first-order valence-corrected chi connectivity index (χ1v) is 12.2. The molecule has 2 unspecified atom stereocenters. The predicted molar refractivity (Wildman–Crippen MR) is 122 cm³/mol. The summed E-state index contributed by atoms with van der Waals surface area (Å²) in [5, 5.41) is 42.9. The lowest BCUT2D eigenvalue weighted by atomic mass is 9.90. The lowest BCUT2D eigenvalue weighted by Crippen LogP contribution is -2.39. The number of fused-ring (bicyclic) bond motifs is 1. The van der Waals surface area contributed by atoms with Crippen LogP contribution in [0.4, 0.5) is 5.95 Å². The second-order valence-electron chi connectivity index (χ2n) is 8.01. The van der Waals surface area contributed by atoms with Crippen LogP contribution < -0.4 is 15.3 Å². The number of ether oxygens (including phenoxy) is 1. The molecule has 3 heterocycles. The number of aliphatic hydroxyl groups is 2. The van der Waals surface area contributed by atoms with Crippen LogP contribution in [0.2, 0.25) is 0 Å². The van der Waals surface area contributed by atoms with Crippen molar-refractivity contribution in [1.29, 1.82) is 5.26 Å². The Morgan fingerprint density at radius 1 is 1.39 bits per heavy atom. The van der Waals surface area contributed by atoms with Gasteiger partial charge in [-0.05, 0) is 25.1 Å². The Balaban J connectivity index is 1.58. The number of nitrogen functional groups attached to an aromatic ring is 1. The Morgan fingerprint density at radius 3 is 2.75 bits per heavy atom. The summed E-state index contributed by atoms with van der Waals surface area (Å²) in [6.45, 7) is 0.616. The fourth-order valence-corrected chi connectivity index (χ4v) is 5.18. The highest BCUT2D eigenvalue weighted by atomic mass is 31.2. The highest BCUT2D eigenvalue weighted by Crippen LogP contribution is 2.47. The Hall–Kier alpha value is -3.57. The monoisotopic (exact) mass is 518 g/mol. The number of carboxylic acid groups (broad SMARTS) is 1. The van der Waals surface area contributed by atoms with Crippen LogP contribution in [0.5, 0.6) is 5.75 Å². The zero-order valence-corrected chi connectivity index (χ0v) is 19.7. The zero-order valence-electron chi connectivity index (χ0n) is 18.8. The molecule has 0 radical (unpaired) electrons. The van der Waals surface area contributed by atoms with Gasteiger partial charge in [0.2, 0.25) is 11.5 Å². The molecule has 0 spiro atoms. The van der Waals surface area contributed by atoms with Crippen LogP contribution in [0.3, 0.4) is 0 Å². The smallest absolute Gasteiger partial charge is 0.459 e. The van der Waals surface area contributed by atoms with Gasteiger partial charge in [-0.3, -0.25) is 13.7 Å². The van der Waals surface area contributed by atoms with Crippen molar-refractivity contribution in [3.8, 4) is 11.8 Å². The Bertz CT molecular complexity index is 1350. The number of rotatable bonds is 9. The minimum atomic E-state index is -4.33. The van der Waals surface area contributed by atoms with Gasteiger partial charge in [0.25, 0.3) is 0 Å². The van der Waals surface area contributed by atoms with E-state index in [1.54, 1.807) is 18.2 Å². The van der Waals surface area contributed by atoms with Gasteiger partial charge in [0.05, 0.1) is 6.61 Å². The van der Waals surface area contributed by atoms with Crippen LogP contribution in [0.15, 0.2) is 48.9 Å². The fraction of sp³-hybridized carbons (Fsp3) is 0.333. The van der Waals surface area contributed by atoms with Crippen molar-refractivity contribution in [3.63, 3.8) is 0 Å². The molecule has 3 aromatic rings. The molecule has 2 aromatic heterocycles. The Kier molecular flexibility index (Phi) is 6.96. The Morgan fingerprint density at radius 2 is 2.11 bits per heavy atom. The number of aliphatic hydroxyl groups excluding tert-OH is 2. The van der Waals surface area contributed by atoms with Gasteiger partial charge < -0.3 is 30.3 Å². The van der Waals surface area contributed by atoms with E-state index in [0.29, 0.717) is 5.65 Å². The molecule has 1 aromatic carbocycles. The zero-order chi connectivity index (χ0) is 26.1. The van der Waals surface area contributed by atoms with E-state index < -0.39 is 50.3 Å². The lowest BCUT2D eigenvalue weighted by molar-refractivity contribution is -0.138. The van der Waals surface area contributed by atoms with Crippen molar-refractivity contribution in [2.45, 2.75) is 36.9 Å². The van der Waals surface area contributed by atoms with Gasteiger partial charge in [0.1, 0.15) is 48.1 Å². The molecule has 0 aliphatic carbocycles. The topological polar surface area (TPSA) is 215 Å². The number of carboxylic acids is 1. The molecule has 0 bridgehead atoms. The molecule has 1 saturated heterocycles.